The highest BCUT2D eigenvalue weighted by Gasteiger charge is 2.42. The zero-order valence-electron chi connectivity index (χ0n) is 16.7. The number of nitrogens with one attached hydrogen (secondary N) is 1. The molecule has 3 rings (SSSR count). The summed E-state index contributed by atoms with van der Waals surface area (Å²) in [5, 5.41) is 3.63. The van der Waals surface area contributed by atoms with Gasteiger partial charge in [-0.2, -0.15) is 13.2 Å². The predicted octanol–water partition coefficient (Wildman–Crippen LogP) is 2.39. The van der Waals surface area contributed by atoms with Crippen LogP contribution >= 0.6 is 12.2 Å². The standard InChI is InChI=1S/C20H27F3N4OS/c1-3-24-19(29)27-12-16(14-5-4-6-15(11-14)20(21,22)23)17(13-27)18(28)26-9-7-25(2)8-10-26/h4-6,11,16-17H,3,7-10,12-13H2,1-2H3,(H,24,29)/t16-,17-/m0/s1. The third-order valence-electron chi connectivity index (χ3n) is 5.71. The molecule has 2 atom stereocenters. The molecule has 2 aliphatic rings. The number of likely N-dealkylation sites (N-methyl/N-ethyl adjacent to an activating group) is 1. The van der Waals surface area contributed by atoms with Crippen molar-refractivity contribution >= 4 is 23.2 Å². The first-order valence-electron chi connectivity index (χ1n) is 9.88. The van der Waals surface area contributed by atoms with E-state index < -0.39 is 17.7 Å². The number of hydrogen-bond donors (Lipinski definition) is 1. The Morgan fingerprint density at radius 2 is 1.86 bits per heavy atom. The molecule has 2 heterocycles. The fraction of sp³-hybridized carbons (Fsp3) is 0.600. The topological polar surface area (TPSA) is 38.8 Å². The molecule has 1 aromatic rings. The highest BCUT2D eigenvalue weighted by atomic mass is 32.1. The summed E-state index contributed by atoms with van der Waals surface area (Å²) in [5.41, 5.74) is -0.150. The highest BCUT2D eigenvalue weighted by molar-refractivity contribution is 7.80. The van der Waals surface area contributed by atoms with E-state index in [4.69, 9.17) is 12.2 Å². The summed E-state index contributed by atoms with van der Waals surface area (Å²) >= 11 is 5.42. The van der Waals surface area contributed by atoms with Gasteiger partial charge in [-0.15, -0.1) is 0 Å². The van der Waals surface area contributed by atoms with Crippen LogP contribution in [0.15, 0.2) is 24.3 Å². The summed E-state index contributed by atoms with van der Waals surface area (Å²) in [6.45, 7) is 6.30. The number of nitrogens with zero attached hydrogens (tertiary/aromatic N) is 3. The van der Waals surface area contributed by atoms with Crippen molar-refractivity contribution in [1.29, 1.82) is 0 Å². The van der Waals surface area contributed by atoms with Gasteiger partial charge in [0.1, 0.15) is 0 Å². The second kappa shape index (κ2) is 8.87. The van der Waals surface area contributed by atoms with Gasteiger partial charge < -0.3 is 20.0 Å². The van der Waals surface area contributed by atoms with Crippen LogP contribution in [0.3, 0.4) is 0 Å². The number of benzene rings is 1. The molecular weight excluding hydrogens is 401 g/mol. The van der Waals surface area contributed by atoms with Crippen LogP contribution in [0, 0.1) is 5.92 Å². The van der Waals surface area contributed by atoms with E-state index >= 15 is 0 Å². The number of hydrogen-bond acceptors (Lipinski definition) is 3. The van der Waals surface area contributed by atoms with Gasteiger partial charge in [0.25, 0.3) is 0 Å². The zero-order chi connectivity index (χ0) is 21.2. The van der Waals surface area contributed by atoms with Crippen LogP contribution in [0.1, 0.15) is 24.0 Å². The molecular formula is C20H27F3N4OS. The van der Waals surface area contributed by atoms with Gasteiger partial charge in [-0.3, -0.25) is 4.79 Å². The summed E-state index contributed by atoms with van der Waals surface area (Å²) in [6, 6.07) is 5.34. The lowest BCUT2D eigenvalue weighted by Crippen LogP contribution is -2.50. The maximum Gasteiger partial charge on any atom is 0.416 e. The molecule has 0 saturated carbocycles. The van der Waals surface area contributed by atoms with E-state index in [1.807, 2.05) is 23.8 Å². The van der Waals surface area contributed by atoms with E-state index in [9.17, 15) is 18.0 Å². The van der Waals surface area contributed by atoms with Crippen LogP contribution in [-0.4, -0.2) is 78.6 Å². The van der Waals surface area contributed by atoms with Crippen LogP contribution in [0.2, 0.25) is 0 Å². The Balaban J connectivity index is 1.87. The number of thiocarbonyl (C=S) groups is 1. The highest BCUT2D eigenvalue weighted by Crippen LogP contribution is 2.37. The van der Waals surface area contributed by atoms with Crippen molar-refractivity contribution in [3.05, 3.63) is 35.4 Å². The van der Waals surface area contributed by atoms with Crippen LogP contribution in [0.4, 0.5) is 13.2 Å². The Kier molecular flexibility index (Phi) is 6.68. The minimum Gasteiger partial charge on any atom is -0.363 e. The third kappa shape index (κ3) is 5.01. The number of carbonyl (C=O) groups excluding carboxylic acids is 1. The first-order valence-corrected chi connectivity index (χ1v) is 10.3. The maximum atomic E-state index is 13.3. The molecule has 9 heteroatoms. The van der Waals surface area contributed by atoms with Gasteiger partial charge in [0.15, 0.2) is 5.11 Å². The number of carbonyl (C=O) groups is 1. The average Bonchev–Trinajstić information content (AvgIpc) is 3.13. The van der Waals surface area contributed by atoms with Crippen molar-refractivity contribution in [3.63, 3.8) is 0 Å². The van der Waals surface area contributed by atoms with Crippen molar-refractivity contribution in [2.45, 2.75) is 19.0 Å². The monoisotopic (exact) mass is 428 g/mol. The smallest absolute Gasteiger partial charge is 0.363 e. The second-order valence-electron chi connectivity index (χ2n) is 7.71. The lowest BCUT2D eigenvalue weighted by Gasteiger charge is -2.35. The number of rotatable bonds is 3. The normalized spacial score (nSPS) is 23.3. The molecule has 1 N–H and O–H groups in total. The van der Waals surface area contributed by atoms with Crippen LogP contribution in [0.25, 0.3) is 0 Å². The number of amides is 1. The largest absolute Gasteiger partial charge is 0.416 e. The molecule has 5 nitrogen and oxygen atoms in total. The van der Waals surface area contributed by atoms with E-state index in [1.54, 1.807) is 6.07 Å². The molecule has 160 valence electrons. The van der Waals surface area contributed by atoms with Crippen LogP contribution in [-0.2, 0) is 11.0 Å². The molecule has 29 heavy (non-hydrogen) atoms. The van der Waals surface area contributed by atoms with Crippen molar-refractivity contribution < 1.29 is 18.0 Å². The molecule has 0 unspecified atom stereocenters. The van der Waals surface area contributed by atoms with Crippen molar-refractivity contribution in [2.24, 2.45) is 5.92 Å². The number of likely N-dealkylation sites (tertiary alicyclic amines) is 1. The molecule has 0 spiro atoms. The van der Waals surface area contributed by atoms with Gasteiger partial charge in [-0.05, 0) is 37.8 Å². The quantitative estimate of drug-likeness (QED) is 0.749. The van der Waals surface area contributed by atoms with Crippen molar-refractivity contribution in [2.75, 3.05) is 52.9 Å². The average molecular weight is 429 g/mol. The molecule has 2 saturated heterocycles. The van der Waals surface area contributed by atoms with Gasteiger partial charge in [0.2, 0.25) is 5.91 Å². The minimum absolute atomic E-state index is 0.00214. The van der Waals surface area contributed by atoms with Crippen molar-refractivity contribution in [3.8, 4) is 0 Å². The number of piperazine rings is 1. The Labute approximate surface area is 174 Å². The van der Waals surface area contributed by atoms with E-state index in [0.29, 0.717) is 43.4 Å². The Bertz CT molecular complexity index is 749. The first kappa shape index (κ1) is 21.8. The Morgan fingerprint density at radius 3 is 2.48 bits per heavy atom. The molecule has 0 bridgehead atoms. The molecule has 1 aromatic carbocycles. The second-order valence-corrected chi connectivity index (χ2v) is 8.09. The minimum atomic E-state index is -4.41. The number of alkyl halides is 3. The van der Waals surface area contributed by atoms with Gasteiger partial charge in [-0.25, -0.2) is 0 Å². The first-order chi connectivity index (χ1) is 13.7. The lowest BCUT2D eigenvalue weighted by molar-refractivity contribution is -0.137. The molecule has 2 fully saturated rings. The molecule has 0 aromatic heterocycles. The van der Waals surface area contributed by atoms with Gasteiger partial charge in [0, 0.05) is 51.7 Å². The Morgan fingerprint density at radius 1 is 1.17 bits per heavy atom. The van der Waals surface area contributed by atoms with E-state index in [0.717, 1.165) is 19.2 Å². The third-order valence-corrected chi connectivity index (χ3v) is 6.11. The maximum absolute atomic E-state index is 13.3. The fourth-order valence-electron chi connectivity index (χ4n) is 4.03. The predicted molar refractivity (Wildman–Crippen MR) is 110 cm³/mol. The molecule has 2 aliphatic heterocycles. The van der Waals surface area contributed by atoms with E-state index in [1.165, 1.54) is 12.1 Å². The van der Waals surface area contributed by atoms with Gasteiger partial charge >= 0.3 is 6.18 Å². The van der Waals surface area contributed by atoms with Gasteiger partial charge in [0.05, 0.1) is 11.5 Å². The summed E-state index contributed by atoms with van der Waals surface area (Å²) < 4.78 is 39.7. The summed E-state index contributed by atoms with van der Waals surface area (Å²) in [6.07, 6.45) is -4.41. The lowest BCUT2D eigenvalue weighted by atomic mass is 9.87. The molecule has 0 aliphatic carbocycles. The number of halogens is 3. The van der Waals surface area contributed by atoms with E-state index in [2.05, 4.69) is 10.2 Å². The zero-order valence-corrected chi connectivity index (χ0v) is 17.5. The Hall–Kier alpha value is -1.87. The summed E-state index contributed by atoms with van der Waals surface area (Å²) in [5.74, 6) is -0.748. The molecule has 1 amide bonds. The SMILES string of the molecule is CCNC(=S)N1C[C@H](C(=O)N2CCN(C)CC2)[C@H](c2cccc(C(F)(F)F)c2)C1. The fourth-order valence-corrected chi connectivity index (χ4v) is 4.32. The van der Waals surface area contributed by atoms with E-state index in [-0.39, 0.29) is 11.8 Å². The van der Waals surface area contributed by atoms with Gasteiger partial charge in [-0.1, -0.05) is 18.2 Å². The van der Waals surface area contributed by atoms with Crippen molar-refractivity contribution in [1.82, 2.24) is 20.0 Å². The summed E-state index contributed by atoms with van der Waals surface area (Å²) in [7, 11) is 2.01. The summed E-state index contributed by atoms with van der Waals surface area (Å²) in [4.78, 5) is 19.2. The molecule has 0 radical (unpaired) electrons. The van der Waals surface area contributed by atoms with Crippen LogP contribution < -0.4 is 5.32 Å². The van der Waals surface area contributed by atoms with Crippen LogP contribution in [0.5, 0.6) is 0 Å².